The quantitative estimate of drug-likeness (QED) is 0.277. The van der Waals surface area contributed by atoms with E-state index in [1.807, 2.05) is 6.07 Å². The van der Waals surface area contributed by atoms with Crippen LogP contribution in [0.25, 0.3) is 11.4 Å². The molecule has 4 aromatic rings. The van der Waals surface area contributed by atoms with Gasteiger partial charge < -0.3 is 15.1 Å². The van der Waals surface area contributed by atoms with Crippen LogP contribution in [0.1, 0.15) is 49.7 Å². The number of anilines is 3. The molecule has 6 heterocycles. The second kappa shape index (κ2) is 12.6. The SMILES string of the molecule is CN1CCC2(CC1)CCN(c1cc(Nc3ccnc(-c4cnn(S(=O)(=O)C5CC5)c4)n3)ncc1C#Cc1cnn(CC(F)F)c1)CC2. The first-order valence-corrected chi connectivity index (χ1v) is 17.3. The minimum absolute atomic E-state index is 0.335. The highest BCUT2D eigenvalue weighted by Crippen LogP contribution is 2.42. The zero-order chi connectivity index (χ0) is 32.6. The maximum atomic E-state index is 12.8. The molecule has 0 bridgehead atoms. The van der Waals surface area contributed by atoms with E-state index in [1.54, 1.807) is 18.5 Å². The molecule has 0 unspecified atom stereocenters. The van der Waals surface area contributed by atoms with Crippen LogP contribution in [0.2, 0.25) is 0 Å². The van der Waals surface area contributed by atoms with Crippen LogP contribution < -0.4 is 10.2 Å². The van der Waals surface area contributed by atoms with Crippen molar-refractivity contribution in [3.63, 3.8) is 0 Å². The van der Waals surface area contributed by atoms with Crippen LogP contribution in [0.5, 0.6) is 0 Å². The van der Waals surface area contributed by atoms with Crippen molar-refractivity contribution in [1.82, 2.24) is 38.8 Å². The normalized spacial score (nSPS) is 18.3. The summed E-state index contributed by atoms with van der Waals surface area (Å²) in [5, 5.41) is 10.9. The van der Waals surface area contributed by atoms with Gasteiger partial charge in [-0.05, 0) is 70.1 Å². The van der Waals surface area contributed by atoms with Gasteiger partial charge in [0, 0.05) is 37.7 Å². The molecule has 12 nitrogen and oxygen atoms in total. The summed E-state index contributed by atoms with van der Waals surface area (Å²) in [7, 11) is -1.31. The van der Waals surface area contributed by atoms with Crippen molar-refractivity contribution < 1.29 is 17.2 Å². The Morgan fingerprint density at radius 2 is 1.74 bits per heavy atom. The number of halogens is 2. The standard InChI is InChI=1S/C32H36F2N10O2S/c1-41-12-7-32(8-13-41)9-14-42(15-10-32)27-16-30(36-18-24(27)3-2-23-17-37-43(20-23)22-28(33)34)39-29-6-11-35-31(40-29)25-19-38-44(21-25)47(45,46)26-4-5-26/h6,11,16-21,26,28H,4-5,7-10,12-15,22H2,1H3,(H,35,36,39,40). The van der Waals surface area contributed by atoms with E-state index in [-0.39, 0.29) is 5.25 Å². The average molecular weight is 663 g/mol. The maximum absolute atomic E-state index is 12.8. The van der Waals surface area contributed by atoms with Gasteiger partial charge in [0.2, 0.25) is 0 Å². The molecule has 0 aromatic carbocycles. The van der Waals surface area contributed by atoms with Gasteiger partial charge in [-0.1, -0.05) is 11.8 Å². The van der Waals surface area contributed by atoms with Crippen LogP contribution in [0, 0.1) is 17.3 Å². The Morgan fingerprint density at radius 1 is 0.979 bits per heavy atom. The fourth-order valence-electron chi connectivity index (χ4n) is 6.27. The summed E-state index contributed by atoms with van der Waals surface area (Å²) in [6.45, 7) is 3.54. The number of rotatable bonds is 8. The molecule has 7 rings (SSSR count). The molecule has 1 N–H and O–H groups in total. The first kappa shape index (κ1) is 31.2. The molecule has 2 saturated heterocycles. The number of nitrogens with zero attached hydrogens (tertiary/aromatic N) is 9. The van der Waals surface area contributed by atoms with Crippen LogP contribution in [-0.2, 0) is 16.6 Å². The summed E-state index contributed by atoms with van der Waals surface area (Å²) in [6, 6.07) is 3.67. The van der Waals surface area contributed by atoms with Gasteiger partial charge in [0.15, 0.2) is 5.82 Å². The van der Waals surface area contributed by atoms with Gasteiger partial charge in [-0.2, -0.15) is 14.3 Å². The topological polar surface area (TPSA) is 127 Å². The first-order valence-electron chi connectivity index (χ1n) is 15.8. The molecule has 0 amide bonds. The monoisotopic (exact) mass is 662 g/mol. The largest absolute Gasteiger partial charge is 0.370 e. The average Bonchev–Trinajstić information content (AvgIpc) is 3.65. The van der Waals surface area contributed by atoms with Gasteiger partial charge in [-0.25, -0.2) is 32.2 Å². The predicted octanol–water partition coefficient (Wildman–Crippen LogP) is 3.99. The van der Waals surface area contributed by atoms with E-state index in [0.717, 1.165) is 54.4 Å². The molecule has 0 atom stereocenters. The summed E-state index contributed by atoms with van der Waals surface area (Å²) in [6.07, 6.45) is 12.6. The van der Waals surface area contributed by atoms with Crippen LogP contribution in [-0.4, -0.2) is 92.1 Å². The third-order valence-electron chi connectivity index (χ3n) is 9.33. The number of hydrogen-bond donors (Lipinski definition) is 1. The van der Waals surface area contributed by atoms with Gasteiger partial charge in [0.25, 0.3) is 16.4 Å². The van der Waals surface area contributed by atoms with E-state index in [4.69, 9.17) is 0 Å². The number of piperidine rings is 2. The molecule has 4 aromatic heterocycles. The Kier molecular flexibility index (Phi) is 8.39. The van der Waals surface area contributed by atoms with Crippen molar-refractivity contribution in [2.24, 2.45) is 5.41 Å². The molecule has 1 spiro atoms. The summed E-state index contributed by atoms with van der Waals surface area (Å²) in [4.78, 5) is 18.3. The Bertz CT molecular complexity index is 1910. The molecule has 2 aliphatic heterocycles. The zero-order valence-electron chi connectivity index (χ0n) is 26.1. The molecular weight excluding hydrogens is 626 g/mol. The lowest BCUT2D eigenvalue weighted by Gasteiger charge is -2.47. The van der Waals surface area contributed by atoms with Crippen molar-refractivity contribution in [1.29, 1.82) is 0 Å². The maximum Gasteiger partial charge on any atom is 0.257 e. The smallest absolute Gasteiger partial charge is 0.257 e. The predicted molar refractivity (Wildman–Crippen MR) is 173 cm³/mol. The number of pyridine rings is 1. The zero-order valence-corrected chi connectivity index (χ0v) is 26.9. The molecule has 246 valence electrons. The van der Waals surface area contributed by atoms with E-state index < -0.39 is 23.0 Å². The second-order valence-electron chi connectivity index (χ2n) is 12.7. The molecule has 3 fully saturated rings. The van der Waals surface area contributed by atoms with Crippen LogP contribution in [0.4, 0.5) is 26.1 Å². The van der Waals surface area contributed by atoms with Gasteiger partial charge in [-0.3, -0.25) is 4.68 Å². The van der Waals surface area contributed by atoms with Crippen molar-refractivity contribution >= 4 is 27.3 Å². The van der Waals surface area contributed by atoms with Gasteiger partial charge in [0.05, 0.1) is 46.2 Å². The van der Waals surface area contributed by atoms with Crippen LogP contribution in [0.15, 0.2) is 49.3 Å². The Labute approximate surface area is 272 Å². The summed E-state index contributed by atoms with van der Waals surface area (Å²) >= 11 is 0. The van der Waals surface area contributed by atoms with E-state index in [0.29, 0.717) is 46.8 Å². The third kappa shape index (κ3) is 6.98. The Hall–Kier alpha value is -4.42. The van der Waals surface area contributed by atoms with Crippen molar-refractivity contribution in [3.05, 3.63) is 60.4 Å². The molecule has 1 saturated carbocycles. The summed E-state index contributed by atoms with van der Waals surface area (Å²) in [5.74, 6) is 7.66. The van der Waals surface area contributed by atoms with E-state index in [2.05, 4.69) is 59.2 Å². The van der Waals surface area contributed by atoms with Crippen molar-refractivity contribution in [3.8, 4) is 23.2 Å². The molecule has 1 aliphatic carbocycles. The number of hydrogen-bond acceptors (Lipinski definition) is 10. The fraction of sp³-hybridized carbons (Fsp3) is 0.469. The molecule has 47 heavy (non-hydrogen) atoms. The van der Waals surface area contributed by atoms with E-state index in [9.17, 15) is 17.2 Å². The van der Waals surface area contributed by atoms with Gasteiger partial charge >= 0.3 is 0 Å². The van der Waals surface area contributed by atoms with Crippen LogP contribution in [0.3, 0.4) is 0 Å². The molecule has 15 heteroatoms. The Morgan fingerprint density at radius 3 is 2.49 bits per heavy atom. The highest BCUT2D eigenvalue weighted by Gasteiger charge is 2.38. The van der Waals surface area contributed by atoms with Gasteiger partial charge in [0.1, 0.15) is 18.2 Å². The lowest BCUT2D eigenvalue weighted by atomic mass is 9.71. The first-order chi connectivity index (χ1) is 22.7. The number of alkyl halides is 2. The highest BCUT2D eigenvalue weighted by molar-refractivity contribution is 7.90. The fourth-order valence-corrected chi connectivity index (χ4v) is 7.75. The van der Waals surface area contributed by atoms with Gasteiger partial charge in [-0.15, -0.1) is 0 Å². The molecule has 3 aliphatic rings. The minimum atomic E-state index is -3.50. The third-order valence-corrected chi connectivity index (χ3v) is 11.4. The Balaban J connectivity index is 1.13. The minimum Gasteiger partial charge on any atom is -0.370 e. The van der Waals surface area contributed by atoms with Crippen molar-refractivity contribution in [2.45, 2.75) is 56.7 Å². The van der Waals surface area contributed by atoms with Crippen LogP contribution >= 0.6 is 0 Å². The lowest BCUT2D eigenvalue weighted by molar-refractivity contribution is 0.0945. The second-order valence-corrected chi connectivity index (χ2v) is 14.8. The van der Waals surface area contributed by atoms with E-state index >= 15 is 0 Å². The highest BCUT2D eigenvalue weighted by atomic mass is 32.2. The molecule has 0 radical (unpaired) electrons. The summed E-state index contributed by atoms with van der Waals surface area (Å²) < 4.78 is 53.0. The number of likely N-dealkylation sites (tertiary alicyclic amines) is 1. The van der Waals surface area contributed by atoms with E-state index in [1.165, 1.54) is 42.3 Å². The number of nitrogens with one attached hydrogen (secondary N) is 1. The van der Waals surface area contributed by atoms with Crippen molar-refractivity contribution in [2.75, 3.05) is 43.4 Å². The number of aromatic nitrogens is 7. The molecular formula is C32H36F2N10O2S. The summed E-state index contributed by atoms with van der Waals surface area (Å²) in [5.41, 5.74) is 3.06. The lowest BCUT2D eigenvalue weighted by Crippen LogP contribution is -2.46.